The van der Waals surface area contributed by atoms with E-state index in [0.29, 0.717) is 22.9 Å². The molecule has 0 radical (unpaired) electrons. The number of Topliss-reactive ketones (excluding diaryl/α,β-unsaturated/α-hetero) is 1. The van der Waals surface area contributed by atoms with Crippen LogP contribution in [-0.4, -0.2) is 34.8 Å². The summed E-state index contributed by atoms with van der Waals surface area (Å²) in [4.78, 5) is 16.7. The molecule has 2 rings (SSSR count). The van der Waals surface area contributed by atoms with Crippen LogP contribution in [0, 0.1) is 0 Å². The highest BCUT2D eigenvalue weighted by Crippen LogP contribution is 2.31. The molecule has 112 valence electrons. The Labute approximate surface area is 123 Å². The van der Waals surface area contributed by atoms with Gasteiger partial charge in [-0.1, -0.05) is 13.0 Å². The highest BCUT2D eigenvalue weighted by atomic mass is 16.5. The first kappa shape index (κ1) is 15.0. The number of aryl methyl sites for hydroxylation is 1. The topological polar surface area (TPSA) is 66.2 Å². The molecule has 6 nitrogen and oxygen atoms in total. The molecule has 1 aromatic carbocycles. The van der Waals surface area contributed by atoms with Gasteiger partial charge in [-0.3, -0.25) is 4.79 Å². The maximum absolute atomic E-state index is 12.5. The standard InChI is InChI=1S/C15H19N3O3/c1-4-8-18-14(16-10-17-18)9-12(19)11-6-5-7-13(20-2)15(11)21-3/h5-7,10H,4,8-9H2,1-3H3. The zero-order chi connectivity index (χ0) is 15.2. The fourth-order valence-electron chi connectivity index (χ4n) is 2.17. The Morgan fingerprint density at radius 1 is 1.29 bits per heavy atom. The minimum Gasteiger partial charge on any atom is -0.493 e. The third kappa shape index (κ3) is 3.21. The van der Waals surface area contributed by atoms with Crippen molar-refractivity contribution >= 4 is 5.78 Å². The van der Waals surface area contributed by atoms with Crippen molar-refractivity contribution in [3.63, 3.8) is 0 Å². The highest BCUT2D eigenvalue weighted by molar-refractivity contribution is 6.00. The van der Waals surface area contributed by atoms with Crippen LogP contribution in [0.5, 0.6) is 11.5 Å². The molecule has 2 aromatic rings. The van der Waals surface area contributed by atoms with Gasteiger partial charge in [0.15, 0.2) is 17.3 Å². The fourth-order valence-corrected chi connectivity index (χ4v) is 2.17. The van der Waals surface area contributed by atoms with Crippen molar-refractivity contribution in [2.75, 3.05) is 14.2 Å². The van der Waals surface area contributed by atoms with Crippen LogP contribution in [0.15, 0.2) is 24.5 Å². The van der Waals surface area contributed by atoms with Crippen LogP contribution in [0.4, 0.5) is 0 Å². The van der Waals surface area contributed by atoms with E-state index < -0.39 is 0 Å². The largest absolute Gasteiger partial charge is 0.493 e. The molecule has 1 aromatic heterocycles. The van der Waals surface area contributed by atoms with E-state index in [2.05, 4.69) is 17.0 Å². The summed E-state index contributed by atoms with van der Waals surface area (Å²) in [5.74, 6) is 1.58. The SMILES string of the molecule is CCCn1ncnc1CC(=O)c1cccc(OC)c1OC. The molecule has 0 aliphatic carbocycles. The second-order valence-electron chi connectivity index (χ2n) is 4.54. The molecule has 6 heteroatoms. The smallest absolute Gasteiger partial charge is 0.174 e. The highest BCUT2D eigenvalue weighted by Gasteiger charge is 2.18. The summed E-state index contributed by atoms with van der Waals surface area (Å²) in [6.45, 7) is 2.80. The normalized spacial score (nSPS) is 10.4. The number of benzene rings is 1. The van der Waals surface area contributed by atoms with Crippen LogP contribution in [0.3, 0.4) is 0 Å². The molecule has 21 heavy (non-hydrogen) atoms. The molecule has 1 heterocycles. The second kappa shape index (κ2) is 6.88. The Morgan fingerprint density at radius 2 is 2.10 bits per heavy atom. The predicted molar refractivity (Wildman–Crippen MR) is 77.9 cm³/mol. The van der Waals surface area contributed by atoms with Crippen LogP contribution in [-0.2, 0) is 13.0 Å². The van der Waals surface area contributed by atoms with Crippen molar-refractivity contribution in [1.82, 2.24) is 14.8 Å². The maximum atomic E-state index is 12.5. The zero-order valence-corrected chi connectivity index (χ0v) is 12.5. The van der Waals surface area contributed by atoms with Crippen molar-refractivity contribution in [2.45, 2.75) is 26.3 Å². The van der Waals surface area contributed by atoms with Crippen molar-refractivity contribution in [3.05, 3.63) is 35.9 Å². The lowest BCUT2D eigenvalue weighted by atomic mass is 10.1. The molecule has 0 fully saturated rings. The van der Waals surface area contributed by atoms with Crippen LogP contribution < -0.4 is 9.47 Å². The van der Waals surface area contributed by atoms with E-state index in [1.807, 2.05) is 0 Å². The second-order valence-corrected chi connectivity index (χ2v) is 4.54. The average molecular weight is 289 g/mol. The number of rotatable bonds is 7. The number of hydrogen-bond donors (Lipinski definition) is 0. The van der Waals surface area contributed by atoms with Crippen molar-refractivity contribution < 1.29 is 14.3 Å². The van der Waals surface area contributed by atoms with Crippen LogP contribution in [0.25, 0.3) is 0 Å². The van der Waals surface area contributed by atoms with Gasteiger partial charge in [0.2, 0.25) is 0 Å². The van der Waals surface area contributed by atoms with Gasteiger partial charge in [-0.25, -0.2) is 9.67 Å². The first-order chi connectivity index (χ1) is 10.2. The molecule has 0 N–H and O–H groups in total. The summed E-state index contributed by atoms with van der Waals surface area (Å²) < 4.78 is 12.3. The molecular formula is C15H19N3O3. The number of hydrogen-bond acceptors (Lipinski definition) is 5. The van der Waals surface area contributed by atoms with Crippen LogP contribution >= 0.6 is 0 Å². The first-order valence-electron chi connectivity index (χ1n) is 6.82. The molecule has 0 aliphatic heterocycles. The first-order valence-corrected chi connectivity index (χ1v) is 6.82. The number of ether oxygens (including phenoxy) is 2. The van der Waals surface area contributed by atoms with Gasteiger partial charge in [-0.05, 0) is 18.6 Å². The van der Waals surface area contributed by atoms with E-state index in [0.717, 1.165) is 13.0 Å². The number of ketones is 1. The molecule has 0 bridgehead atoms. The van der Waals surface area contributed by atoms with Gasteiger partial charge in [0, 0.05) is 6.54 Å². The predicted octanol–water partition coefficient (Wildman–Crippen LogP) is 2.13. The fraction of sp³-hybridized carbons (Fsp3) is 0.400. The van der Waals surface area contributed by atoms with Crippen molar-refractivity contribution in [3.8, 4) is 11.5 Å². The van der Waals surface area contributed by atoms with E-state index in [4.69, 9.17) is 9.47 Å². The summed E-state index contributed by atoms with van der Waals surface area (Å²) in [6.07, 6.45) is 2.59. The number of nitrogens with zero attached hydrogens (tertiary/aromatic N) is 3. The molecule has 0 amide bonds. The molecular weight excluding hydrogens is 270 g/mol. The van der Waals surface area contributed by atoms with E-state index in [1.165, 1.54) is 13.4 Å². The summed E-state index contributed by atoms with van der Waals surface area (Å²) in [7, 11) is 3.07. The Morgan fingerprint density at radius 3 is 2.76 bits per heavy atom. The van der Waals surface area contributed by atoms with Gasteiger partial charge in [0.25, 0.3) is 0 Å². The number of para-hydroxylation sites is 1. The lowest BCUT2D eigenvalue weighted by molar-refractivity contribution is 0.0985. The summed E-state index contributed by atoms with van der Waals surface area (Å²) in [6, 6.07) is 5.25. The average Bonchev–Trinajstić information content (AvgIpc) is 2.93. The number of methoxy groups -OCH3 is 2. The van der Waals surface area contributed by atoms with E-state index in [9.17, 15) is 4.79 Å². The number of aromatic nitrogens is 3. The molecule has 0 saturated carbocycles. The molecule has 0 unspecified atom stereocenters. The Hall–Kier alpha value is -2.37. The number of carbonyl (C=O) groups excluding carboxylic acids is 1. The summed E-state index contributed by atoms with van der Waals surface area (Å²) in [5.41, 5.74) is 0.489. The third-order valence-corrected chi connectivity index (χ3v) is 3.15. The Balaban J connectivity index is 2.26. The van der Waals surface area contributed by atoms with E-state index >= 15 is 0 Å². The van der Waals surface area contributed by atoms with E-state index in [1.54, 1.807) is 30.0 Å². The lowest BCUT2D eigenvalue weighted by Crippen LogP contribution is -2.12. The van der Waals surface area contributed by atoms with E-state index in [-0.39, 0.29) is 12.2 Å². The summed E-state index contributed by atoms with van der Waals surface area (Å²) in [5, 5.41) is 4.13. The van der Waals surface area contributed by atoms with Gasteiger partial charge >= 0.3 is 0 Å². The maximum Gasteiger partial charge on any atom is 0.174 e. The molecule has 0 spiro atoms. The molecule has 0 saturated heterocycles. The van der Waals surface area contributed by atoms with Crippen molar-refractivity contribution in [1.29, 1.82) is 0 Å². The van der Waals surface area contributed by atoms with Gasteiger partial charge in [0.05, 0.1) is 26.2 Å². The number of carbonyl (C=O) groups is 1. The minimum absolute atomic E-state index is 0.0731. The molecule has 0 atom stereocenters. The van der Waals surface area contributed by atoms with Gasteiger partial charge in [-0.15, -0.1) is 0 Å². The van der Waals surface area contributed by atoms with Crippen LogP contribution in [0.1, 0.15) is 29.5 Å². The van der Waals surface area contributed by atoms with Crippen molar-refractivity contribution in [2.24, 2.45) is 0 Å². The van der Waals surface area contributed by atoms with Gasteiger partial charge < -0.3 is 9.47 Å². The van der Waals surface area contributed by atoms with Gasteiger partial charge in [0.1, 0.15) is 12.2 Å². The summed E-state index contributed by atoms with van der Waals surface area (Å²) >= 11 is 0. The third-order valence-electron chi connectivity index (χ3n) is 3.15. The Kier molecular flexibility index (Phi) is 4.92. The minimum atomic E-state index is -0.0731. The van der Waals surface area contributed by atoms with Crippen LogP contribution in [0.2, 0.25) is 0 Å². The quantitative estimate of drug-likeness (QED) is 0.730. The zero-order valence-electron chi connectivity index (χ0n) is 12.5. The molecule has 0 aliphatic rings. The Bertz CT molecular complexity index is 622. The monoisotopic (exact) mass is 289 g/mol. The van der Waals surface area contributed by atoms with Gasteiger partial charge in [-0.2, -0.15) is 5.10 Å². The lowest BCUT2D eigenvalue weighted by Gasteiger charge is -2.11.